The molecule has 1 heterocycles. The normalized spacial score (nSPS) is 15.9. The lowest BCUT2D eigenvalue weighted by Gasteiger charge is -2.40. The van der Waals surface area contributed by atoms with Crippen molar-refractivity contribution in [2.75, 3.05) is 0 Å². The summed E-state index contributed by atoms with van der Waals surface area (Å²) in [5.41, 5.74) is -0.0506. The highest BCUT2D eigenvalue weighted by Crippen LogP contribution is 3.02. The van der Waals surface area contributed by atoms with Gasteiger partial charge in [0.05, 0.1) is 0 Å². The van der Waals surface area contributed by atoms with Gasteiger partial charge in [-0.15, -0.1) is 5.10 Å². The zero-order valence-corrected chi connectivity index (χ0v) is 11.5. The van der Waals surface area contributed by atoms with Crippen LogP contribution in [0.4, 0.5) is 19.4 Å². The van der Waals surface area contributed by atoms with Crippen molar-refractivity contribution in [1.29, 1.82) is 0 Å². The molecule has 1 unspecified atom stereocenters. The number of benzene rings is 1. The predicted octanol–water partition coefficient (Wildman–Crippen LogP) is 4.55. The molecule has 0 bridgehead atoms. The van der Waals surface area contributed by atoms with Crippen LogP contribution in [0.25, 0.3) is 11.4 Å². The maximum absolute atomic E-state index is 12.8. The summed E-state index contributed by atoms with van der Waals surface area (Å²) >= 11 is 0. The minimum absolute atomic E-state index is 0.0539. The Morgan fingerprint density at radius 2 is 1.74 bits per heavy atom. The van der Waals surface area contributed by atoms with E-state index in [1.165, 1.54) is 23.8 Å². The molecule has 3 nitrogen and oxygen atoms in total. The van der Waals surface area contributed by atoms with E-state index < -0.39 is 15.1 Å². The highest BCUT2D eigenvalue weighted by atomic mass is 32.5. The van der Waals surface area contributed by atoms with Gasteiger partial charge in [0.1, 0.15) is 11.2 Å². The Morgan fingerprint density at radius 1 is 1.11 bits per heavy atom. The Labute approximate surface area is 107 Å². The van der Waals surface area contributed by atoms with Crippen LogP contribution in [0.3, 0.4) is 0 Å². The maximum Gasteiger partial charge on any atom is 0.310 e. The zero-order valence-electron chi connectivity index (χ0n) is 9.53. The molecule has 0 aliphatic carbocycles. The molecule has 0 saturated heterocycles. The van der Waals surface area contributed by atoms with Crippen LogP contribution >= 0.6 is 19.6 Å². The molecular formula is C9H9F5N3PS. The van der Waals surface area contributed by atoms with E-state index in [-0.39, 0.29) is 17.0 Å². The number of rotatable bonds is 2. The number of halogens is 5. The summed E-state index contributed by atoms with van der Waals surface area (Å²) in [5.74, 6) is -0.0539. The number of aryl methyl sites for hydroxylation is 1. The monoisotopic (exact) mass is 317 g/mol. The Kier molecular flexibility index (Phi) is 2.59. The van der Waals surface area contributed by atoms with Crippen LogP contribution in [0, 0.1) is 6.92 Å². The summed E-state index contributed by atoms with van der Waals surface area (Å²) in [4.78, 5) is 1.79. The quantitative estimate of drug-likeness (QED) is 0.601. The molecule has 2 aromatic rings. The van der Waals surface area contributed by atoms with E-state index in [0.717, 1.165) is 0 Å². The summed E-state index contributed by atoms with van der Waals surface area (Å²) in [5, 5.41) is 3.76. The molecule has 0 N–H and O–H groups in total. The lowest BCUT2D eigenvalue weighted by molar-refractivity contribution is 0.364. The lowest BCUT2D eigenvalue weighted by Crippen LogP contribution is -2.06. The molecule has 0 radical (unpaired) electrons. The van der Waals surface area contributed by atoms with Gasteiger partial charge in [0.2, 0.25) is 0 Å². The fraction of sp³-hybridized carbons (Fsp3) is 0.111. The van der Waals surface area contributed by atoms with E-state index in [2.05, 4.69) is 19.5 Å². The Morgan fingerprint density at radius 3 is 2.21 bits per heavy atom. The highest BCUT2D eigenvalue weighted by molar-refractivity contribution is 8.45. The fourth-order valence-electron chi connectivity index (χ4n) is 1.51. The van der Waals surface area contributed by atoms with Crippen molar-refractivity contribution in [3.8, 4) is 11.4 Å². The van der Waals surface area contributed by atoms with Crippen molar-refractivity contribution >= 4 is 19.6 Å². The second-order valence-corrected chi connectivity index (χ2v) is 6.99. The van der Waals surface area contributed by atoms with E-state index >= 15 is 0 Å². The van der Waals surface area contributed by atoms with Gasteiger partial charge in [0.15, 0.2) is 5.82 Å². The minimum atomic E-state index is -9.70. The van der Waals surface area contributed by atoms with E-state index in [4.69, 9.17) is 0 Å². The number of hydrogen-bond acceptors (Lipinski definition) is 2. The standard InChI is InChI=1S/C9H9F5N3PS/c1-6-2-7(9-15-5-17(18)16-9)4-8(3-6)19(10,11,12,13)14/h2-5H,18H2,1H3. The second kappa shape index (κ2) is 3.46. The van der Waals surface area contributed by atoms with Crippen LogP contribution in [-0.2, 0) is 0 Å². The SMILES string of the molecule is Cc1cc(-c2ncn(P)n2)cc(S(F)(F)(F)(F)F)c1. The van der Waals surface area contributed by atoms with Crippen molar-refractivity contribution in [2.24, 2.45) is 0 Å². The summed E-state index contributed by atoms with van der Waals surface area (Å²) in [6.07, 6.45) is 1.24. The smallest absolute Gasteiger partial charge is 0.238 e. The van der Waals surface area contributed by atoms with Crippen LogP contribution in [-0.4, -0.2) is 14.5 Å². The Balaban J connectivity index is 2.66. The molecule has 0 fully saturated rings. The molecule has 0 saturated carbocycles. The average Bonchev–Trinajstić information content (AvgIpc) is 2.60. The average molecular weight is 317 g/mol. The molecule has 0 spiro atoms. The van der Waals surface area contributed by atoms with Gasteiger partial charge >= 0.3 is 10.2 Å². The van der Waals surface area contributed by atoms with Crippen molar-refractivity contribution in [2.45, 2.75) is 11.8 Å². The third kappa shape index (κ3) is 3.22. The van der Waals surface area contributed by atoms with Crippen molar-refractivity contribution in [1.82, 2.24) is 14.5 Å². The van der Waals surface area contributed by atoms with E-state index in [0.29, 0.717) is 12.1 Å². The molecule has 0 aliphatic heterocycles. The van der Waals surface area contributed by atoms with Gasteiger partial charge < -0.3 is 0 Å². The maximum atomic E-state index is 12.8. The fourth-order valence-corrected chi connectivity index (χ4v) is 2.44. The molecule has 1 aromatic carbocycles. The molecule has 10 heteroatoms. The Bertz CT molecular complexity index is 651. The van der Waals surface area contributed by atoms with Crippen molar-refractivity contribution in [3.05, 3.63) is 30.1 Å². The van der Waals surface area contributed by atoms with E-state index in [1.807, 2.05) is 0 Å². The van der Waals surface area contributed by atoms with Gasteiger partial charge in [-0.3, -0.25) is 0 Å². The highest BCUT2D eigenvalue weighted by Gasteiger charge is 2.65. The summed E-state index contributed by atoms with van der Waals surface area (Å²) < 4.78 is 65.1. The van der Waals surface area contributed by atoms with Crippen LogP contribution in [0.1, 0.15) is 5.56 Å². The van der Waals surface area contributed by atoms with Gasteiger partial charge in [-0.25, -0.2) is 9.44 Å². The van der Waals surface area contributed by atoms with Crippen LogP contribution in [0.5, 0.6) is 0 Å². The van der Waals surface area contributed by atoms with Gasteiger partial charge in [0, 0.05) is 5.56 Å². The number of hydrogen-bond donors (Lipinski definition) is 0. The summed E-state index contributed by atoms with van der Waals surface area (Å²) in [6, 6.07) is 2.10. The zero-order chi connectivity index (χ0) is 14.5. The third-order valence-corrected chi connectivity index (χ3v) is 3.64. The molecule has 106 valence electrons. The van der Waals surface area contributed by atoms with Crippen LogP contribution in [0.2, 0.25) is 0 Å². The molecule has 1 aromatic heterocycles. The van der Waals surface area contributed by atoms with Crippen molar-refractivity contribution in [3.63, 3.8) is 0 Å². The summed E-state index contributed by atoms with van der Waals surface area (Å²) in [7, 11) is -7.56. The van der Waals surface area contributed by atoms with Crippen LogP contribution in [0.15, 0.2) is 29.4 Å². The first-order valence-corrected chi connectivity index (χ1v) is 7.35. The first-order valence-electron chi connectivity index (χ1n) is 4.88. The molecule has 1 atom stereocenters. The number of aromatic nitrogens is 3. The van der Waals surface area contributed by atoms with Crippen LogP contribution < -0.4 is 0 Å². The second-order valence-electron chi connectivity index (χ2n) is 4.05. The van der Waals surface area contributed by atoms with Gasteiger partial charge in [-0.2, -0.15) is 0 Å². The van der Waals surface area contributed by atoms with E-state index in [1.54, 1.807) is 0 Å². The third-order valence-electron chi connectivity index (χ3n) is 2.26. The predicted molar refractivity (Wildman–Crippen MR) is 66.7 cm³/mol. The first kappa shape index (κ1) is 14.2. The molecule has 0 aliphatic rings. The summed E-state index contributed by atoms with van der Waals surface area (Å²) in [6.45, 7) is 1.30. The van der Waals surface area contributed by atoms with Gasteiger partial charge in [-0.05, 0) is 40.1 Å². The van der Waals surface area contributed by atoms with Crippen molar-refractivity contribution < 1.29 is 19.4 Å². The minimum Gasteiger partial charge on any atom is -0.238 e. The first-order chi connectivity index (χ1) is 8.35. The van der Waals surface area contributed by atoms with Gasteiger partial charge in [-0.1, -0.05) is 19.4 Å². The van der Waals surface area contributed by atoms with E-state index in [9.17, 15) is 19.4 Å². The molecular weight excluding hydrogens is 308 g/mol. The Hall–Kier alpha value is -1.21. The number of nitrogens with zero attached hydrogens (tertiary/aromatic N) is 3. The van der Waals surface area contributed by atoms with Gasteiger partial charge in [0.25, 0.3) is 0 Å². The topological polar surface area (TPSA) is 30.7 Å². The largest absolute Gasteiger partial charge is 0.310 e. The molecule has 2 rings (SSSR count). The molecule has 0 amide bonds. The lowest BCUT2D eigenvalue weighted by atomic mass is 10.1. The molecule has 19 heavy (non-hydrogen) atoms.